The lowest BCUT2D eigenvalue weighted by atomic mass is 9.97. The van der Waals surface area contributed by atoms with Crippen molar-refractivity contribution in [2.45, 2.75) is 44.8 Å². The molecule has 33 heavy (non-hydrogen) atoms. The Morgan fingerprint density at radius 2 is 2.00 bits per heavy atom. The van der Waals surface area contributed by atoms with E-state index in [-0.39, 0.29) is 28.7 Å². The van der Waals surface area contributed by atoms with Gasteiger partial charge < -0.3 is 15.8 Å². The molecule has 2 atom stereocenters. The summed E-state index contributed by atoms with van der Waals surface area (Å²) in [4.78, 5) is 18.5. The van der Waals surface area contributed by atoms with Gasteiger partial charge in [0.15, 0.2) is 12.1 Å². The number of aromatic nitrogens is 2. The van der Waals surface area contributed by atoms with E-state index < -0.39 is 11.6 Å². The molecule has 8 heteroatoms. The fraction of sp³-hybridized carbons (Fsp3) is 0.320. The number of nitrogen functional groups attached to an aromatic ring is 1. The summed E-state index contributed by atoms with van der Waals surface area (Å²) < 4.78 is 33.2. The van der Waals surface area contributed by atoms with Crippen LogP contribution < -0.4 is 11.1 Å². The number of hydrogen-bond donors (Lipinski definition) is 2. The lowest BCUT2D eigenvalue weighted by Gasteiger charge is -2.30. The van der Waals surface area contributed by atoms with Crippen LogP contribution in [0.4, 0.5) is 20.2 Å². The number of ether oxygens (including phenoxy) is 1. The maximum absolute atomic E-state index is 13.6. The molecule has 1 fully saturated rings. The minimum atomic E-state index is -0.766. The fourth-order valence-corrected chi connectivity index (χ4v) is 3.78. The molecule has 0 amide bonds. The third kappa shape index (κ3) is 5.90. The Morgan fingerprint density at radius 1 is 1.21 bits per heavy atom. The number of hydrogen-bond acceptors (Lipinski definition) is 6. The summed E-state index contributed by atoms with van der Waals surface area (Å²) in [5.41, 5.74) is 7.32. The van der Waals surface area contributed by atoms with Gasteiger partial charge in [-0.2, -0.15) is 0 Å². The van der Waals surface area contributed by atoms with Gasteiger partial charge in [0.25, 0.3) is 0 Å². The number of aldehydes is 1. The summed E-state index contributed by atoms with van der Waals surface area (Å²) in [6.07, 6.45) is 9.47. The van der Waals surface area contributed by atoms with E-state index in [1.54, 1.807) is 6.07 Å². The van der Waals surface area contributed by atoms with E-state index in [9.17, 15) is 13.6 Å². The first-order chi connectivity index (χ1) is 16.0. The van der Waals surface area contributed by atoms with Crippen LogP contribution in [-0.4, -0.2) is 29.4 Å². The number of nitrogens with zero attached hydrogens (tertiary/aromatic N) is 2. The molecule has 3 N–H and O–H groups in total. The molecule has 4 rings (SSSR count). The van der Waals surface area contributed by atoms with Crippen molar-refractivity contribution in [3.8, 4) is 11.3 Å². The highest BCUT2D eigenvalue weighted by molar-refractivity contribution is 5.82. The average molecular weight is 455 g/mol. The van der Waals surface area contributed by atoms with Crippen molar-refractivity contribution in [2.24, 2.45) is 0 Å². The van der Waals surface area contributed by atoms with Crippen LogP contribution in [0.15, 0.2) is 48.8 Å². The van der Waals surface area contributed by atoms with E-state index in [0.717, 1.165) is 24.6 Å². The number of rotatable bonds is 5. The van der Waals surface area contributed by atoms with Gasteiger partial charge >= 0.3 is 0 Å². The maximum atomic E-state index is 13.6. The van der Waals surface area contributed by atoms with Crippen LogP contribution in [0, 0.1) is 11.6 Å². The highest BCUT2D eigenvalue weighted by atomic mass is 19.1. The van der Waals surface area contributed by atoms with E-state index in [2.05, 4.69) is 28.3 Å². The summed E-state index contributed by atoms with van der Waals surface area (Å²) in [7, 11) is 1.93. The molecule has 3 aromatic rings. The summed E-state index contributed by atoms with van der Waals surface area (Å²) in [5, 5.41) is 3.18. The summed E-state index contributed by atoms with van der Waals surface area (Å²) >= 11 is 0. The van der Waals surface area contributed by atoms with Crippen molar-refractivity contribution in [1.82, 2.24) is 9.97 Å². The van der Waals surface area contributed by atoms with E-state index in [1.807, 2.05) is 19.4 Å². The third-order valence-corrected chi connectivity index (χ3v) is 5.55. The van der Waals surface area contributed by atoms with Crippen LogP contribution in [0.5, 0.6) is 0 Å². The number of pyridine rings is 2. The normalized spacial score (nSPS) is 17.6. The Labute approximate surface area is 192 Å². The lowest BCUT2D eigenvalue weighted by molar-refractivity contribution is -0.0522. The molecule has 0 saturated carbocycles. The monoisotopic (exact) mass is 454 g/mol. The predicted octanol–water partition coefficient (Wildman–Crippen LogP) is 5.57. The van der Waals surface area contributed by atoms with Gasteiger partial charge in [0.05, 0.1) is 29.8 Å². The van der Waals surface area contributed by atoms with Gasteiger partial charge in [-0.25, -0.2) is 13.8 Å². The van der Waals surface area contributed by atoms with Crippen LogP contribution >= 0.6 is 0 Å². The zero-order valence-electron chi connectivity index (χ0n) is 18.7. The topological polar surface area (TPSA) is 90.1 Å². The van der Waals surface area contributed by atoms with Gasteiger partial charge in [-0.3, -0.25) is 9.78 Å². The molecule has 1 aliphatic rings. The second-order valence-electron chi connectivity index (χ2n) is 7.69. The standard InChI is InChI=1S/C13H20N2O.C12H8F2N2O/c1-3-10-5-4-6-13(16-10)11-7-8-15-9-12(11)14-2;13-8-4-2-1-3-7(8)12-9(14)5-10(15)11(6-17)16-12/h7-10,13-14H,3-6H2,1-2H3;1-6H,15H2/t10-,13?;/m1./s1. The Kier molecular flexibility index (Phi) is 8.43. The van der Waals surface area contributed by atoms with Gasteiger partial charge in [0.2, 0.25) is 0 Å². The Bertz CT molecular complexity index is 1090. The fourth-order valence-electron chi connectivity index (χ4n) is 3.78. The van der Waals surface area contributed by atoms with Crippen molar-refractivity contribution in [1.29, 1.82) is 0 Å². The highest BCUT2D eigenvalue weighted by Gasteiger charge is 2.24. The number of halogens is 2. The van der Waals surface area contributed by atoms with Crippen LogP contribution in [-0.2, 0) is 4.74 Å². The average Bonchev–Trinajstić information content (AvgIpc) is 2.85. The SMILES string of the molecule is CC[C@@H]1CCCC(c2ccncc2NC)O1.Nc1cc(F)c(-c2ccccc2F)nc1C=O. The van der Waals surface area contributed by atoms with E-state index >= 15 is 0 Å². The third-order valence-electron chi connectivity index (χ3n) is 5.55. The Morgan fingerprint density at radius 3 is 2.70 bits per heavy atom. The molecule has 0 bridgehead atoms. The number of nitrogens with one attached hydrogen (secondary N) is 1. The quantitative estimate of drug-likeness (QED) is 0.490. The molecular formula is C25H28F2N4O2. The lowest BCUT2D eigenvalue weighted by Crippen LogP contribution is -2.22. The molecule has 1 unspecified atom stereocenters. The molecule has 0 radical (unpaired) electrons. The number of anilines is 2. The van der Waals surface area contributed by atoms with E-state index in [1.165, 1.54) is 36.6 Å². The van der Waals surface area contributed by atoms with Gasteiger partial charge in [0.1, 0.15) is 17.2 Å². The van der Waals surface area contributed by atoms with Gasteiger partial charge in [-0.1, -0.05) is 19.1 Å². The second kappa shape index (κ2) is 11.5. The zero-order valence-corrected chi connectivity index (χ0v) is 18.7. The van der Waals surface area contributed by atoms with Crippen LogP contribution in [0.3, 0.4) is 0 Å². The van der Waals surface area contributed by atoms with E-state index in [4.69, 9.17) is 10.5 Å². The molecular weight excluding hydrogens is 426 g/mol. The van der Waals surface area contributed by atoms with Crippen molar-refractivity contribution < 1.29 is 18.3 Å². The number of benzene rings is 1. The minimum absolute atomic E-state index is 0.00639. The van der Waals surface area contributed by atoms with Crippen LogP contribution in [0.2, 0.25) is 0 Å². The van der Waals surface area contributed by atoms with Crippen molar-refractivity contribution >= 4 is 17.7 Å². The zero-order chi connectivity index (χ0) is 23.8. The first-order valence-electron chi connectivity index (χ1n) is 10.9. The van der Waals surface area contributed by atoms with E-state index in [0.29, 0.717) is 12.4 Å². The van der Waals surface area contributed by atoms with Crippen molar-refractivity contribution in [3.05, 3.63) is 71.7 Å². The summed E-state index contributed by atoms with van der Waals surface area (Å²) in [6.45, 7) is 2.19. The summed E-state index contributed by atoms with van der Waals surface area (Å²) in [5.74, 6) is -1.38. The second-order valence-corrected chi connectivity index (χ2v) is 7.69. The largest absolute Gasteiger partial charge is 0.397 e. The molecule has 1 saturated heterocycles. The van der Waals surface area contributed by atoms with Crippen LogP contribution in [0.25, 0.3) is 11.3 Å². The molecule has 1 aliphatic heterocycles. The highest BCUT2D eigenvalue weighted by Crippen LogP contribution is 2.35. The molecule has 1 aromatic carbocycles. The van der Waals surface area contributed by atoms with Gasteiger partial charge in [0, 0.05) is 30.4 Å². The smallest absolute Gasteiger partial charge is 0.170 e. The molecule has 0 spiro atoms. The first kappa shape index (κ1) is 24.3. The van der Waals surface area contributed by atoms with Crippen molar-refractivity contribution in [3.63, 3.8) is 0 Å². The number of carbonyl (C=O) groups is 1. The number of carbonyl (C=O) groups excluding carboxylic acids is 1. The predicted molar refractivity (Wildman–Crippen MR) is 125 cm³/mol. The van der Waals surface area contributed by atoms with Crippen molar-refractivity contribution in [2.75, 3.05) is 18.1 Å². The van der Waals surface area contributed by atoms with Gasteiger partial charge in [-0.05, 0) is 43.9 Å². The Balaban J connectivity index is 0.000000186. The van der Waals surface area contributed by atoms with Crippen LogP contribution in [0.1, 0.15) is 54.8 Å². The molecule has 6 nitrogen and oxygen atoms in total. The van der Waals surface area contributed by atoms with Gasteiger partial charge in [-0.15, -0.1) is 0 Å². The Hall–Kier alpha value is -3.39. The summed E-state index contributed by atoms with van der Waals surface area (Å²) in [6, 6.07) is 8.62. The molecule has 2 aromatic heterocycles. The molecule has 3 heterocycles. The maximum Gasteiger partial charge on any atom is 0.170 e. The first-order valence-corrected chi connectivity index (χ1v) is 10.9. The molecule has 174 valence electrons. The minimum Gasteiger partial charge on any atom is -0.397 e. The number of nitrogens with two attached hydrogens (primary N) is 1. The molecule has 0 aliphatic carbocycles.